The number of para-hydroxylation sites is 2. The Balaban J connectivity index is 1.39. The van der Waals surface area contributed by atoms with Crippen molar-refractivity contribution in [2.75, 3.05) is 6.61 Å². The summed E-state index contributed by atoms with van der Waals surface area (Å²) in [6, 6.07) is 9.96. The highest BCUT2D eigenvalue weighted by atomic mass is 16.5. The average Bonchev–Trinajstić information content (AvgIpc) is 3.49. The minimum absolute atomic E-state index is 0.0361. The van der Waals surface area contributed by atoms with Gasteiger partial charge in [0.05, 0.1) is 17.5 Å². The number of carbonyl (C=O) groups excluding carboxylic acids is 2. The predicted octanol–water partition coefficient (Wildman–Crippen LogP) is 3.78. The number of hydrogen-bond donors (Lipinski definition) is 0. The molecule has 31 heavy (non-hydrogen) atoms. The largest absolute Gasteiger partial charge is 0.457 e. The van der Waals surface area contributed by atoms with Gasteiger partial charge in [0.1, 0.15) is 0 Å². The Bertz CT molecular complexity index is 1190. The number of carbonyl (C=O) groups is 2. The summed E-state index contributed by atoms with van der Waals surface area (Å²) in [6.07, 6.45) is 3.17. The van der Waals surface area contributed by atoms with Crippen LogP contribution < -0.4 is 5.69 Å². The molecule has 0 saturated heterocycles. The van der Waals surface area contributed by atoms with Crippen LogP contribution in [0, 0.1) is 13.8 Å². The Kier molecular flexibility index (Phi) is 5.85. The van der Waals surface area contributed by atoms with E-state index in [4.69, 9.17) is 4.74 Å². The molecule has 3 aromatic rings. The number of imidazole rings is 1. The van der Waals surface area contributed by atoms with Gasteiger partial charge in [-0.25, -0.2) is 4.79 Å². The van der Waals surface area contributed by atoms with Crippen LogP contribution in [0.1, 0.15) is 60.4 Å². The number of rotatable bonds is 9. The van der Waals surface area contributed by atoms with Gasteiger partial charge in [-0.1, -0.05) is 19.1 Å². The van der Waals surface area contributed by atoms with Gasteiger partial charge in [0.25, 0.3) is 0 Å². The monoisotopic (exact) mass is 423 g/mol. The fraction of sp³-hybridized carbons (Fsp3) is 0.458. The van der Waals surface area contributed by atoms with Crippen molar-refractivity contribution < 1.29 is 14.3 Å². The van der Waals surface area contributed by atoms with Crippen LogP contribution >= 0.6 is 0 Å². The van der Waals surface area contributed by atoms with E-state index in [9.17, 15) is 14.4 Å². The molecule has 1 fully saturated rings. The Hall–Kier alpha value is -3.09. The number of esters is 1. The number of aromatic nitrogens is 3. The average molecular weight is 424 g/mol. The van der Waals surface area contributed by atoms with Crippen LogP contribution in [0.5, 0.6) is 0 Å². The zero-order chi connectivity index (χ0) is 22.1. The van der Waals surface area contributed by atoms with Crippen LogP contribution in [0.2, 0.25) is 0 Å². The summed E-state index contributed by atoms with van der Waals surface area (Å²) in [5.74, 6) is -0.673. The first-order valence-corrected chi connectivity index (χ1v) is 11.0. The van der Waals surface area contributed by atoms with Gasteiger partial charge >= 0.3 is 11.7 Å². The molecule has 1 aliphatic carbocycles. The fourth-order valence-corrected chi connectivity index (χ4v) is 4.38. The topological polar surface area (TPSA) is 75.2 Å². The maximum Gasteiger partial charge on any atom is 0.329 e. The molecule has 1 aromatic carbocycles. The van der Waals surface area contributed by atoms with Crippen LogP contribution in [-0.4, -0.2) is 32.1 Å². The summed E-state index contributed by atoms with van der Waals surface area (Å²) in [7, 11) is 0. The third-order valence-electron chi connectivity index (χ3n) is 5.97. The molecule has 0 atom stereocenters. The number of fused-ring (bicyclic) bond motifs is 1. The molecule has 7 heteroatoms. The minimum Gasteiger partial charge on any atom is -0.457 e. The SMILES string of the molecule is CCCn1c(=O)n(CCC(=O)OCC(=O)c2cc(C)n(C3CC3)c2C)c2ccccc21. The van der Waals surface area contributed by atoms with Crippen molar-refractivity contribution in [3.05, 3.63) is 57.8 Å². The van der Waals surface area contributed by atoms with Crippen LogP contribution in [0.15, 0.2) is 35.1 Å². The van der Waals surface area contributed by atoms with Crippen molar-refractivity contribution in [3.8, 4) is 0 Å². The van der Waals surface area contributed by atoms with E-state index < -0.39 is 5.97 Å². The second kappa shape index (κ2) is 8.57. The molecule has 0 aliphatic heterocycles. The highest BCUT2D eigenvalue weighted by molar-refractivity contribution is 5.99. The van der Waals surface area contributed by atoms with Gasteiger partial charge in [-0.05, 0) is 51.3 Å². The van der Waals surface area contributed by atoms with Gasteiger partial charge in [0.15, 0.2) is 6.61 Å². The first-order chi connectivity index (χ1) is 14.9. The van der Waals surface area contributed by atoms with Gasteiger partial charge in [0, 0.05) is 36.1 Å². The van der Waals surface area contributed by atoms with Gasteiger partial charge in [0.2, 0.25) is 5.78 Å². The van der Waals surface area contributed by atoms with Crippen molar-refractivity contribution in [3.63, 3.8) is 0 Å². The smallest absolute Gasteiger partial charge is 0.329 e. The molecule has 1 aliphatic rings. The Labute approximate surface area is 181 Å². The van der Waals surface area contributed by atoms with E-state index in [0.717, 1.165) is 41.7 Å². The number of nitrogens with zero attached hydrogens (tertiary/aromatic N) is 3. The van der Waals surface area contributed by atoms with Crippen molar-refractivity contribution in [1.82, 2.24) is 13.7 Å². The first-order valence-electron chi connectivity index (χ1n) is 11.0. The van der Waals surface area contributed by atoms with E-state index in [2.05, 4.69) is 4.57 Å². The van der Waals surface area contributed by atoms with Crippen LogP contribution in [-0.2, 0) is 22.6 Å². The van der Waals surface area contributed by atoms with Crippen molar-refractivity contribution in [1.29, 1.82) is 0 Å². The van der Waals surface area contributed by atoms with Crippen LogP contribution in [0.25, 0.3) is 11.0 Å². The summed E-state index contributed by atoms with van der Waals surface area (Å²) in [4.78, 5) is 37.7. The summed E-state index contributed by atoms with van der Waals surface area (Å²) in [5, 5.41) is 0. The third kappa shape index (κ3) is 4.09. The summed E-state index contributed by atoms with van der Waals surface area (Å²) < 4.78 is 10.8. The van der Waals surface area contributed by atoms with Crippen LogP contribution in [0.3, 0.4) is 0 Å². The summed E-state index contributed by atoms with van der Waals surface area (Å²) >= 11 is 0. The maximum atomic E-state index is 12.8. The first kappa shape index (κ1) is 21.2. The molecule has 0 unspecified atom stereocenters. The Morgan fingerprint density at radius 1 is 1.06 bits per heavy atom. The lowest BCUT2D eigenvalue weighted by Gasteiger charge is -2.08. The number of aryl methyl sites for hydroxylation is 3. The minimum atomic E-state index is -0.483. The molecule has 2 heterocycles. The second-order valence-electron chi connectivity index (χ2n) is 8.29. The third-order valence-corrected chi connectivity index (χ3v) is 5.97. The number of ether oxygens (including phenoxy) is 1. The van der Waals surface area contributed by atoms with Crippen molar-refractivity contribution in [2.24, 2.45) is 0 Å². The zero-order valence-electron chi connectivity index (χ0n) is 18.4. The van der Waals surface area contributed by atoms with Gasteiger partial charge in [-0.15, -0.1) is 0 Å². The molecule has 0 spiro atoms. The molecule has 7 nitrogen and oxygen atoms in total. The molecule has 0 radical (unpaired) electrons. The molecule has 4 rings (SSSR count). The molecule has 2 aromatic heterocycles. The molecule has 0 bridgehead atoms. The Morgan fingerprint density at radius 3 is 2.32 bits per heavy atom. The lowest BCUT2D eigenvalue weighted by Crippen LogP contribution is -2.25. The van der Waals surface area contributed by atoms with Crippen LogP contribution in [0.4, 0.5) is 0 Å². The van der Waals surface area contributed by atoms with Gasteiger partial charge in [-0.3, -0.25) is 18.7 Å². The molecular formula is C24H29N3O4. The molecule has 1 saturated carbocycles. The number of Topliss-reactive ketones (excluding diaryl/α,β-unsaturated/α-hetero) is 1. The van der Waals surface area contributed by atoms with E-state index >= 15 is 0 Å². The van der Waals surface area contributed by atoms with E-state index in [1.807, 2.05) is 51.1 Å². The molecular weight excluding hydrogens is 394 g/mol. The maximum absolute atomic E-state index is 12.8. The van der Waals surface area contributed by atoms with E-state index in [-0.39, 0.29) is 31.0 Å². The Morgan fingerprint density at radius 2 is 1.71 bits per heavy atom. The molecule has 0 amide bonds. The normalized spacial score (nSPS) is 13.6. The summed E-state index contributed by atoms with van der Waals surface area (Å²) in [5.41, 5.74) is 4.17. The lowest BCUT2D eigenvalue weighted by molar-refractivity contribution is -0.142. The lowest BCUT2D eigenvalue weighted by atomic mass is 10.1. The second-order valence-corrected chi connectivity index (χ2v) is 8.29. The quantitative estimate of drug-likeness (QED) is 0.388. The predicted molar refractivity (Wildman–Crippen MR) is 119 cm³/mol. The highest BCUT2D eigenvalue weighted by Crippen LogP contribution is 2.38. The van der Waals surface area contributed by atoms with Gasteiger partial charge < -0.3 is 9.30 Å². The standard InChI is InChI=1S/C24H29N3O4/c1-4-12-25-20-7-5-6-8-21(20)26(24(25)30)13-11-23(29)31-15-22(28)19-14-16(2)27(17(19)3)18-9-10-18/h5-8,14,18H,4,9-13,15H2,1-3H3. The van der Waals surface area contributed by atoms with Gasteiger partial charge in [-0.2, -0.15) is 0 Å². The van der Waals surface area contributed by atoms with Crippen molar-refractivity contribution in [2.45, 2.75) is 65.6 Å². The molecule has 0 N–H and O–H groups in total. The summed E-state index contributed by atoms with van der Waals surface area (Å²) in [6.45, 7) is 6.54. The molecule has 164 valence electrons. The van der Waals surface area contributed by atoms with E-state index in [0.29, 0.717) is 18.2 Å². The zero-order valence-corrected chi connectivity index (χ0v) is 18.4. The number of benzene rings is 1. The van der Waals surface area contributed by atoms with Crippen molar-refractivity contribution >= 4 is 22.8 Å². The van der Waals surface area contributed by atoms with E-state index in [1.165, 1.54) is 0 Å². The number of ketones is 1. The fourth-order valence-electron chi connectivity index (χ4n) is 4.38. The highest BCUT2D eigenvalue weighted by Gasteiger charge is 2.28. The van der Waals surface area contributed by atoms with E-state index in [1.54, 1.807) is 9.13 Å². The number of hydrogen-bond acceptors (Lipinski definition) is 4.